The maximum absolute atomic E-state index is 9.37. The molecule has 1 aromatic heterocycles. The van der Waals surface area contributed by atoms with Crippen LogP contribution in [0.1, 0.15) is 51.1 Å². The number of thiazole rings is 1. The maximum atomic E-state index is 9.37. The Labute approximate surface area is 108 Å². The number of hydrogen-bond acceptors (Lipinski definition) is 4. The maximum Gasteiger partial charge on any atom is 0.185 e. The molecule has 17 heavy (non-hydrogen) atoms. The highest BCUT2D eigenvalue weighted by molar-refractivity contribution is 7.15. The van der Waals surface area contributed by atoms with E-state index in [9.17, 15) is 5.11 Å². The van der Waals surface area contributed by atoms with Crippen molar-refractivity contribution in [2.45, 2.75) is 47.1 Å². The summed E-state index contributed by atoms with van der Waals surface area (Å²) in [6, 6.07) is 0. The lowest BCUT2D eigenvalue weighted by Gasteiger charge is -2.21. The largest absolute Gasteiger partial charge is 0.391 e. The molecule has 0 bridgehead atoms. The van der Waals surface area contributed by atoms with Crippen LogP contribution in [-0.4, -0.2) is 23.2 Å². The van der Waals surface area contributed by atoms with Crippen LogP contribution in [-0.2, 0) is 6.61 Å². The number of aromatic nitrogens is 1. The molecule has 1 N–H and O–H groups in total. The van der Waals surface area contributed by atoms with E-state index in [0.29, 0.717) is 11.8 Å². The molecule has 3 nitrogen and oxygen atoms in total. The van der Waals surface area contributed by atoms with Gasteiger partial charge < -0.3 is 10.0 Å². The first-order valence-corrected chi connectivity index (χ1v) is 7.16. The van der Waals surface area contributed by atoms with Crippen LogP contribution < -0.4 is 4.90 Å². The molecule has 0 spiro atoms. The van der Waals surface area contributed by atoms with Crippen molar-refractivity contribution < 1.29 is 5.11 Å². The Kier molecular flexibility index (Phi) is 5.40. The van der Waals surface area contributed by atoms with Crippen LogP contribution in [0.2, 0.25) is 0 Å². The van der Waals surface area contributed by atoms with Crippen molar-refractivity contribution in [1.82, 2.24) is 4.98 Å². The molecule has 0 aliphatic carbocycles. The average molecular weight is 256 g/mol. The minimum atomic E-state index is 0.102. The third kappa shape index (κ3) is 3.68. The van der Waals surface area contributed by atoms with E-state index in [1.54, 1.807) is 11.3 Å². The Morgan fingerprint density at radius 2 is 1.94 bits per heavy atom. The third-order valence-corrected chi connectivity index (χ3v) is 3.76. The van der Waals surface area contributed by atoms with E-state index in [2.05, 4.69) is 44.5 Å². The van der Waals surface area contributed by atoms with Crippen molar-refractivity contribution in [3.05, 3.63) is 10.6 Å². The number of hydrogen-bond donors (Lipinski definition) is 1. The highest BCUT2D eigenvalue weighted by Crippen LogP contribution is 2.31. The highest BCUT2D eigenvalue weighted by Gasteiger charge is 2.17. The zero-order valence-electron chi connectivity index (χ0n) is 11.5. The molecule has 0 saturated heterocycles. The lowest BCUT2D eigenvalue weighted by molar-refractivity contribution is 0.283. The van der Waals surface area contributed by atoms with Gasteiger partial charge in [0.25, 0.3) is 0 Å². The molecular weight excluding hydrogens is 232 g/mol. The molecule has 1 aromatic rings. The van der Waals surface area contributed by atoms with Crippen LogP contribution in [0.5, 0.6) is 0 Å². The summed E-state index contributed by atoms with van der Waals surface area (Å²) in [6.07, 6.45) is 0. The van der Waals surface area contributed by atoms with Crippen molar-refractivity contribution >= 4 is 16.5 Å². The lowest BCUT2D eigenvalue weighted by atomic mass is 10.1. The van der Waals surface area contributed by atoms with Gasteiger partial charge in [-0.1, -0.05) is 39.0 Å². The first-order chi connectivity index (χ1) is 7.99. The Morgan fingerprint density at radius 1 is 1.29 bits per heavy atom. The van der Waals surface area contributed by atoms with E-state index in [4.69, 9.17) is 0 Å². The molecule has 0 aromatic carbocycles. The standard InChI is InChI=1S/C13H24N2OS/c1-6-15(7-9(2)3)13-14-12(10(4)5)11(8-16)17-13/h9-10,16H,6-8H2,1-5H3. The smallest absolute Gasteiger partial charge is 0.185 e. The van der Waals surface area contributed by atoms with Crippen molar-refractivity contribution in [1.29, 1.82) is 0 Å². The van der Waals surface area contributed by atoms with Gasteiger partial charge in [-0.15, -0.1) is 0 Å². The Morgan fingerprint density at radius 3 is 2.29 bits per heavy atom. The first-order valence-electron chi connectivity index (χ1n) is 6.34. The van der Waals surface area contributed by atoms with Crippen molar-refractivity contribution in [2.24, 2.45) is 5.92 Å². The number of nitrogens with zero attached hydrogens (tertiary/aromatic N) is 2. The second-order valence-electron chi connectivity index (χ2n) is 5.05. The summed E-state index contributed by atoms with van der Waals surface area (Å²) in [5.41, 5.74) is 1.05. The van der Waals surface area contributed by atoms with E-state index in [1.807, 2.05) is 0 Å². The predicted octanol–water partition coefficient (Wildman–Crippen LogP) is 3.24. The van der Waals surface area contributed by atoms with E-state index in [0.717, 1.165) is 28.8 Å². The van der Waals surface area contributed by atoms with Gasteiger partial charge in [-0.3, -0.25) is 0 Å². The van der Waals surface area contributed by atoms with Crippen LogP contribution in [0.25, 0.3) is 0 Å². The summed E-state index contributed by atoms with van der Waals surface area (Å²) in [5.74, 6) is 0.999. The fraction of sp³-hybridized carbons (Fsp3) is 0.769. The van der Waals surface area contributed by atoms with Gasteiger partial charge in [0.1, 0.15) is 0 Å². The summed E-state index contributed by atoms with van der Waals surface area (Å²) >= 11 is 1.63. The summed E-state index contributed by atoms with van der Waals surface area (Å²) in [5, 5.41) is 10.4. The summed E-state index contributed by atoms with van der Waals surface area (Å²) in [6.45, 7) is 12.9. The number of anilines is 1. The van der Waals surface area contributed by atoms with Crippen LogP contribution in [0.4, 0.5) is 5.13 Å². The molecule has 0 amide bonds. The lowest BCUT2D eigenvalue weighted by Crippen LogP contribution is -2.27. The van der Waals surface area contributed by atoms with Crippen LogP contribution in [0.15, 0.2) is 0 Å². The Balaban J connectivity index is 2.96. The SMILES string of the molecule is CCN(CC(C)C)c1nc(C(C)C)c(CO)s1. The van der Waals surface area contributed by atoms with E-state index in [1.165, 1.54) is 0 Å². The van der Waals surface area contributed by atoms with E-state index >= 15 is 0 Å². The number of aliphatic hydroxyl groups is 1. The summed E-state index contributed by atoms with van der Waals surface area (Å²) in [4.78, 5) is 7.99. The minimum absolute atomic E-state index is 0.102. The molecule has 0 radical (unpaired) electrons. The molecule has 4 heteroatoms. The average Bonchev–Trinajstić information content (AvgIpc) is 2.69. The zero-order valence-corrected chi connectivity index (χ0v) is 12.3. The van der Waals surface area contributed by atoms with Gasteiger partial charge in [0.15, 0.2) is 5.13 Å². The van der Waals surface area contributed by atoms with Crippen molar-refractivity contribution in [3.8, 4) is 0 Å². The van der Waals surface area contributed by atoms with Gasteiger partial charge in [-0.25, -0.2) is 4.98 Å². The van der Waals surface area contributed by atoms with Gasteiger partial charge >= 0.3 is 0 Å². The van der Waals surface area contributed by atoms with E-state index in [-0.39, 0.29) is 6.61 Å². The zero-order chi connectivity index (χ0) is 13.0. The molecule has 0 fully saturated rings. The fourth-order valence-corrected chi connectivity index (χ4v) is 2.98. The molecule has 1 heterocycles. The number of rotatable bonds is 6. The van der Waals surface area contributed by atoms with Crippen molar-refractivity contribution in [3.63, 3.8) is 0 Å². The monoisotopic (exact) mass is 256 g/mol. The van der Waals surface area contributed by atoms with Gasteiger partial charge in [-0.05, 0) is 18.8 Å². The van der Waals surface area contributed by atoms with E-state index < -0.39 is 0 Å². The summed E-state index contributed by atoms with van der Waals surface area (Å²) in [7, 11) is 0. The Hall–Kier alpha value is -0.610. The third-order valence-electron chi connectivity index (χ3n) is 2.64. The molecule has 98 valence electrons. The molecule has 1 rings (SSSR count). The molecule has 0 unspecified atom stereocenters. The predicted molar refractivity (Wildman–Crippen MR) is 74.9 cm³/mol. The second-order valence-corrected chi connectivity index (χ2v) is 6.11. The quantitative estimate of drug-likeness (QED) is 0.849. The van der Waals surface area contributed by atoms with Gasteiger partial charge in [0.2, 0.25) is 0 Å². The van der Waals surface area contributed by atoms with Gasteiger partial charge in [0, 0.05) is 13.1 Å². The minimum Gasteiger partial charge on any atom is -0.391 e. The molecular formula is C13H24N2OS. The number of aliphatic hydroxyl groups excluding tert-OH is 1. The van der Waals surface area contributed by atoms with Crippen molar-refractivity contribution in [2.75, 3.05) is 18.0 Å². The molecule has 0 aliphatic heterocycles. The molecule has 0 aliphatic rings. The van der Waals surface area contributed by atoms with Crippen LogP contribution >= 0.6 is 11.3 Å². The van der Waals surface area contributed by atoms with Gasteiger partial charge in [0.05, 0.1) is 17.2 Å². The first kappa shape index (κ1) is 14.5. The molecule has 0 atom stereocenters. The van der Waals surface area contributed by atoms with Crippen LogP contribution in [0.3, 0.4) is 0 Å². The second kappa shape index (κ2) is 6.36. The molecule has 0 saturated carbocycles. The van der Waals surface area contributed by atoms with Crippen LogP contribution in [0, 0.1) is 5.92 Å². The Bertz CT molecular complexity index is 347. The van der Waals surface area contributed by atoms with Gasteiger partial charge in [-0.2, -0.15) is 0 Å². The highest BCUT2D eigenvalue weighted by atomic mass is 32.1. The fourth-order valence-electron chi connectivity index (χ4n) is 1.83. The normalized spacial score (nSPS) is 11.5. The topological polar surface area (TPSA) is 36.4 Å². The summed E-state index contributed by atoms with van der Waals surface area (Å²) < 4.78 is 0.